The summed E-state index contributed by atoms with van der Waals surface area (Å²) in [6.07, 6.45) is 5.14. The van der Waals surface area contributed by atoms with Crippen molar-refractivity contribution in [2.75, 3.05) is 11.9 Å². The molecule has 0 heterocycles. The largest absolute Gasteiger partial charge is 0.449 e. The van der Waals surface area contributed by atoms with Gasteiger partial charge < -0.3 is 15.4 Å². The lowest BCUT2D eigenvalue weighted by atomic mass is 9.89. The molecule has 25 heavy (non-hydrogen) atoms. The van der Waals surface area contributed by atoms with Crippen molar-refractivity contribution in [1.82, 2.24) is 5.32 Å². The van der Waals surface area contributed by atoms with Gasteiger partial charge >= 0.3 is 5.97 Å². The average Bonchev–Trinajstić information content (AvgIpc) is 2.60. The highest BCUT2D eigenvalue weighted by Gasteiger charge is 2.21. The lowest BCUT2D eigenvalue weighted by Gasteiger charge is -2.22. The first-order valence-electron chi connectivity index (χ1n) is 8.82. The standard InChI is InChI=1S/C19H26N2O4/c1-13(18(23)20-12-15-7-4-3-5-8-15)25-19(24)16-9-6-10-17(11-16)21-14(2)22/h6,9-11,13,15H,3-5,7-8,12H2,1-2H3,(H,20,23)(H,21,22)/t13-/m1/s1. The molecule has 1 fully saturated rings. The Morgan fingerprint density at radius 1 is 1.20 bits per heavy atom. The molecule has 2 amide bonds. The minimum atomic E-state index is -0.861. The van der Waals surface area contributed by atoms with Crippen LogP contribution in [0.1, 0.15) is 56.3 Å². The molecule has 1 aromatic carbocycles. The third kappa shape index (κ3) is 6.21. The number of anilines is 1. The molecule has 136 valence electrons. The molecule has 2 N–H and O–H groups in total. The molecular weight excluding hydrogens is 320 g/mol. The number of hydrogen-bond donors (Lipinski definition) is 2. The van der Waals surface area contributed by atoms with E-state index < -0.39 is 12.1 Å². The maximum absolute atomic E-state index is 12.2. The quantitative estimate of drug-likeness (QED) is 0.776. The Morgan fingerprint density at radius 3 is 2.60 bits per heavy atom. The van der Waals surface area contributed by atoms with Crippen molar-refractivity contribution in [2.24, 2.45) is 5.92 Å². The fraction of sp³-hybridized carbons (Fsp3) is 0.526. The van der Waals surface area contributed by atoms with Crippen molar-refractivity contribution in [3.8, 4) is 0 Å². The van der Waals surface area contributed by atoms with Gasteiger partial charge in [0.2, 0.25) is 5.91 Å². The van der Waals surface area contributed by atoms with Crippen LogP contribution in [0.15, 0.2) is 24.3 Å². The number of nitrogens with one attached hydrogen (secondary N) is 2. The van der Waals surface area contributed by atoms with Gasteiger partial charge in [0.25, 0.3) is 5.91 Å². The Bertz CT molecular complexity index is 624. The Kier molecular flexibility index (Phi) is 6.98. The topological polar surface area (TPSA) is 84.5 Å². The molecule has 0 aromatic heterocycles. The van der Waals surface area contributed by atoms with Crippen molar-refractivity contribution in [3.05, 3.63) is 29.8 Å². The summed E-state index contributed by atoms with van der Waals surface area (Å²) >= 11 is 0. The molecule has 6 heteroatoms. The van der Waals surface area contributed by atoms with E-state index >= 15 is 0 Å². The number of ether oxygens (including phenoxy) is 1. The van der Waals surface area contributed by atoms with E-state index in [2.05, 4.69) is 10.6 Å². The minimum Gasteiger partial charge on any atom is -0.449 e. The number of amides is 2. The van der Waals surface area contributed by atoms with Gasteiger partial charge in [-0.25, -0.2) is 4.79 Å². The van der Waals surface area contributed by atoms with E-state index in [0.717, 1.165) is 12.8 Å². The normalized spacial score (nSPS) is 15.9. The van der Waals surface area contributed by atoms with Gasteiger partial charge in [0, 0.05) is 19.2 Å². The monoisotopic (exact) mass is 346 g/mol. The zero-order valence-electron chi connectivity index (χ0n) is 14.8. The maximum atomic E-state index is 12.2. The zero-order chi connectivity index (χ0) is 18.2. The van der Waals surface area contributed by atoms with Gasteiger partial charge in [-0.2, -0.15) is 0 Å². The Morgan fingerprint density at radius 2 is 1.92 bits per heavy atom. The van der Waals surface area contributed by atoms with Crippen LogP contribution in [0.3, 0.4) is 0 Å². The highest BCUT2D eigenvalue weighted by Crippen LogP contribution is 2.22. The fourth-order valence-corrected chi connectivity index (χ4v) is 2.99. The Labute approximate surface area is 148 Å². The molecular formula is C19H26N2O4. The van der Waals surface area contributed by atoms with Gasteiger partial charge in [-0.3, -0.25) is 9.59 Å². The van der Waals surface area contributed by atoms with E-state index in [4.69, 9.17) is 4.74 Å². The summed E-state index contributed by atoms with van der Waals surface area (Å²) in [6.45, 7) is 3.59. The number of hydrogen-bond acceptors (Lipinski definition) is 4. The molecule has 1 aliphatic rings. The number of carbonyl (C=O) groups is 3. The lowest BCUT2D eigenvalue weighted by Crippen LogP contribution is -2.38. The number of carbonyl (C=O) groups excluding carboxylic acids is 3. The summed E-state index contributed by atoms with van der Waals surface area (Å²) in [7, 11) is 0. The van der Waals surface area contributed by atoms with Crippen molar-refractivity contribution >= 4 is 23.5 Å². The summed E-state index contributed by atoms with van der Waals surface area (Å²) in [6, 6.07) is 6.44. The summed E-state index contributed by atoms with van der Waals surface area (Å²) in [5, 5.41) is 5.48. The second kappa shape index (κ2) is 9.20. The zero-order valence-corrected chi connectivity index (χ0v) is 14.8. The van der Waals surface area contributed by atoms with Crippen molar-refractivity contribution < 1.29 is 19.1 Å². The van der Waals surface area contributed by atoms with Gasteiger partial charge in [-0.1, -0.05) is 25.3 Å². The molecule has 0 spiro atoms. The minimum absolute atomic E-state index is 0.221. The van der Waals surface area contributed by atoms with Gasteiger partial charge in [-0.15, -0.1) is 0 Å². The maximum Gasteiger partial charge on any atom is 0.338 e. The van der Waals surface area contributed by atoms with E-state index in [9.17, 15) is 14.4 Å². The molecule has 1 saturated carbocycles. The Hall–Kier alpha value is -2.37. The third-order valence-corrected chi connectivity index (χ3v) is 4.36. The molecule has 2 rings (SSSR count). The molecule has 0 saturated heterocycles. The predicted molar refractivity (Wildman–Crippen MR) is 95.2 cm³/mol. The van der Waals surface area contributed by atoms with Crippen LogP contribution >= 0.6 is 0 Å². The summed E-state index contributed by atoms with van der Waals surface area (Å²) < 4.78 is 5.23. The molecule has 0 aliphatic heterocycles. The molecule has 1 aromatic rings. The van der Waals surface area contributed by atoms with Crippen LogP contribution in [0.4, 0.5) is 5.69 Å². The Balaban J connectivity index is 1.84. The third-order valence-electron chi connectivity index (χ3n) is 4.36. The van der Waals surface area contributed by atoms with E-state index in [1.807, 2.05) is 0 Å². The molecule has 1 aliphatic carbocycles. The van der Waals surface area contributed by atoms with Gasteiger partial charge in [0.05, 0.1) is 5.56 Å². The van der Waals surface area contributed by atoms with E-state index in [1.165, 1.54) is 32.3 Å². The molecule has 0 unspecified atom stereocenters. The van der Waals surface area contributed by atoms with Gasteiger partial charge in [0.15, 0.2) is 6.10 Å². The van der Waals surface area contributed by atoms with Crippen LogP contribution in [0, 0.1) is 5.92 Å². The second-order valence-corrected chi connectivity index (χ2v) is 6.56. The van der Waals surface area contributed by atoms with Crippen molar-refractivity contribution in [1.29, 1.82) is 0 Å². The van der Waals surface area contributed by atoms with Gasteiger partial charge in [0.1, 0.15) is 0 Å². The van der Waals surface area contributed by atoms with E-state index in [1.54, 1.807) is 25.1 Å². The van der Waals surface area contributed by atoms with Crippen LogP contribution in [0.5, 0.6) is 0 Å². The van der Waals surface area contributed by atoms with Crippen LogP contribution in [0.25, 0.3) is 0 Å². The first-order valence-corrected chi connectivity index (χ1v) is 8.82. The number of benzene rings is 1. The number of esters is 1. The fourth-order valence-electron chi connectivity index (χ4n) is 2.99. The number of rotatable bonds is 6. The molecule has 6 nitrogen and oxygen atoms in total. The molecule has 0 bridgehead atoms. The van der Waals surface area contributed by atoms with E-state index in [0.29, 0.717) is 18.2 Å². The first kappa shape index (κ1) is 19.0. The highest BCUT2D eigenvalue weighted by atomic mass is 16.5. The second-order valence-electron chi connectivity index (χ2n) is 6.56. The highest BCUT2D eigenvalue weighted by molar-refractivity contribution is 5.95. The smallest absolute Gasteiger partial charge is 0.338 e. The van der Waals surface area contributed by atoms with Gasteiger partial charge in [-0.05, 0) is 43.9 Å². The van der Waals surface area contributed by atoms with Crippen molar-refractivity contribution in [2.45, 2.75) is 52.1 Å². The summed E-state index contributed by atoms with van der Waals surface area (Å²) in [5.74, 6) is -0.569. The molecule has 0 radical (unpaired) electrons. The lowest BCUT2D eigenvalue weighted by molar-refractivity contribution is -0.129. The van der Waals surface area contributed by atoms with E-state index in [-0.39, 0.29) is 17.4 Å². The summed E-state index contributed by atoms with van der Waals surface area (Å²) in [4.78, 5) is 35.4. The van der Waals surface area contributed by atoms with Crippen LogP contribution in [0.2, 0.25) is 0 Å². The van der Waals surface area contributed by atoms with Crippen LogP contribution < -0.4 is 10.6 Å². The average molecular weight is 346 g/mol. The molecule has 1 atom stereocenters. The SMILES string of the molecule is CC(=O)Nc1cccc(C(=O)O[C@H](C)C(=O)NCC2CCCCC2)c1. The van der Waals surface area contributed by atoms with Crippen LogP contribution in [-0.2, 0) is 14.3 Å². The van der Waals surface area contributed by atoms with Crippen molar-refractivity contribution in [3.63, 3.8) is 0 Å². The summed E-state index contributed by atoms with van der Waals surface area (Å²) in [5.41, 5.74) is 0.800. The first-order chi connectivity index (χ1) is 12.0. The van der Waals surface area contributed by atoms with Crippen LogP contribution in [-0.4, -0.2) is 30.4 Å². The predicted octanol–water partition coefficient (Wildman–Crippen LogP) is 2.89.